The molecule has 34 heavy (non-hydrogen) atoms. The van der Waals surface area contributed by atoms with Crippen molar-refractivity contribution in [3.63, 3.8) is 0 Å². The molecule has 2 heterocycles. The summed E-state index contributed by atoms with van der Waals surface area (Å²) in [5.41, 5.74) is 2.75. The lowest BCUT2D eigenvalue weighted by Crippen LogP contribution is -2.51. The van der Waals surface area contributed by atoms with Crippen LogP contribution in [0, 0.1) is 10.5 Å². The third-order valence-corrected chi connectivity index (χ3v) is 8.66. The van der Waals surface area contributed by atoms with Gasteiger partial charge in [-0.2, -0.15) is 0 Å². The Labute approximate surface area is 213 Å². The molecule has 1 aliphatic rings. The van der Waals surface area contributed by atoms with Crippen molar-refractivity contribution in [2.75, 3.05) is 0 Å². The van der Waals surface area contributed by atoms with E-state index in [2.05, 4.69) is 33.7 Å². The van der Waals surface area contributed by atoms with E-state index in [-0.39, 0.29) is 10.9 Å². The van der Waals surface area contributed by atoms with Gasteiger partial charge in [-0.15, -0.1) is 0 Å². The van der Waals surface area contributed by atoms with Gasteiger partial charge in [0.05, 0.1) is 4.90 Å². The number of pyridine rings is 1. The number of hydrogen-bond donors (Lipinski definition) is 1. The number of carbonyl (C=O) groups is 1. The number of allylic oxidation sites excluding steroid dienone is 1. The van der Waals surface area contributed by atoms with Crippen molar-refractivity contribution in [3.05, 3.63) is 63.5 Å². The lowest BCUT2D eigenvalue weighted by Gasteiger charge is -2.41. The van der Waals surface area contributed by atoms with Gasteiger partial charge in [0.2, 0.25) is 0 Å². The van der Waals surface area contributed by atoms with Crippen LogP contribution in [0.3, 0.4) is 0 Å². The normalized spacial score (nSPS) is 17.0. The summed E-state index contributed by atoms with van der Waals surface area (Å²) in [7, 11) is -3.82. The van der Waals surface area contributed by atoms with Crippen molar-refractivity contribution in [1.82, 2.24) is 13.9 Å². The SMILES string of the molecule is Cc1ccc(S(=O)(=O)n2cc(I)c3c(C4=CCCC(N(C(=O)O)C(C)(C)C)C4)ccnc32)cc1. The zero-order chi connectivity index (χ0) is 24.8. The van der Waals surface area contributed by atoms with Crippen molar-refractivity contribution in [3.8, 4) is 0 Å². The Morgan fingerprint density at radius 1 is 1.21 bits per heavy atom. The van der Waals surface area contributed by atoms with Crippen LogP contribution < -0.4 is 0 Å². The van der Waals surface area contributed by atoms with Crippen LogP contribution in [0.4, 0.5) is 4.79 Å². The highest BCUT2D eigenvalue weighted by molar-refractivity contribution is 14.1. The standard InChI is InChI=1S/C25H28IN3O4S/c1-16-8-10-19(11-9-16)34(32,33)28-15-21(26)22-20(12-13-27-23(22)28)17-6-5-7-18(14-17)29(24(30)31)25(2,3)4/h6,8-13,15,18H,5,7,14H2,1-4H3,(H,30,31). The number of carboxylic acid groups (broad SMARTS) is 1. The molecule has 0 spiro atoms. The maximum atomic E-state index is 13.4. The van der Waals surface area contributed by atoms with E-state index in [1.54, 1.807) is 36.7 Å². The number of halogens is 1. The molecule has 0 bridgehead atoms. The quantitative estimate of drug-likeness (QED) is 0.381. The van der Waals surface area contributed by atoms with Crippen LogP contribution in [0.1, 0.15) is 51.2 Å². The molecule has 4 rings (SSSR count). The van der Waals surface area contributed by atoms with Gasteiger partial charge in [-0.25, -0.2) is 22.2 Å². The number of aromatic nitrogens is 2. The molecule has 1 amide bonds. The smallest absolute Gasteiger partial charge is 0.407 e. The third-order valence-electron chi connectivity index (χ3n) is 6.17. The summed E-state index contributed by atoms with van der Waals surface area (Å²) in [6.45, 7) is 7.63. The molecule has 9 heteroatoms. The second-order valence-corrected chi connectivity index (χ2v) is 12.6. The van der Waals surface area contributed by atoms with Gasteiger partial charge in [0.15, 0.2) is 5.65 Å². The molecular formula is C25H28IN3O4S. The minimum absolute atomic E-state index is 0.156. The van der Waals surface area contributed by atoms with Gasteiger partial charge in [0.1, 0.15) is 0 Å². The first-order chi connectivity index (χ1) is 15.9. The van der Waals surface area contributed by atoms with E-state index in [4.69, 9.17) is 0 Å². The Hall–Kier alpha value is -2.40. The maximum Gasteiger partial charge on any atom is 0.407 e. The first-order valence-corrected chi connectivity index (χ1v) is 13.6. The molecule has 0 saturated carbocycles. The number of benzene rings is 1. The lowest BCUT2D eigenvalue weighted by molar-refractivity contribution is 0.0679. The molecule has 0 saturated heterocycles. The van der Waals surface area contributed by atoms with Gasteiger partial charge in [-0.3, -0.25) is 0 Å². The second-order valence-electron chi connectivity index (χ2n) is 9.64. The number of hydrogen-bond acceptors (Lipinski definition) is 4. The molecule has 7 nitrogen and oxygen atoms in total. The summed E-state index contributed by atoms with van der Waals surface area (Å²) in [5.74, 6) is 0. The topological polar surface area (TPSA) is 92.5 Å². The average Bonchev–Trinajstić information content (AvgIpc) is 3.11. The van der Waals surface area contributed by atoms with E-state index in [1.807, 2.05) is 33.8 Å². The number of nitrogens with zero attached hydrogens (tertiary/aromatic N) is 3. The van der Waals surface area contributed by atoms with E-state index in [0.717, 1.165) is 38.5 Å². The van der Waals surface area contributed by atoms with Crippen molar-refractivity contribution >= 4 is 55.3 Å². The van der Waals surface area contributed by atoms with Gasteiger partial charge in [0, 0.05) is 32.9 Å². The monoisotopic (exact) mass is 593 g/mol. The molecule has 2 aromatic heterocycles. The second kappa shape index (κ2) is 8.99. The first kappa shape index (κ1) is 24.7. The summed E-state index contributed by atoms with van der Waals surface area (Å²) < 4.78 is 28.9. The van der Waals surface area contributed by atoms with E-state index < -0.39 is 21.7 Å². The highest BCUT2D eigenvalue weighted by atomic mass is 127. The fraction of sp³-hybridized carbons (Fsp3) is 0.360. The number of aryl methyl sites for hydroxylation is 1. The first-order valence-electron chi connectivity index (χ1n) is 11.1. The van der Waals surface area contributed by atoms with E-state index >= 15 is 0 Å². The summed E-state index contributed by atoms with van der Waals surface area (Å²) in [6.07, 6.45) is 6.51. The molecule has 180 valence electrons. The molecule has 0 fully saturated rings. The predicted octanol–water partition coefficient (Wildman–Crippen LogP) is 5.90. The van der Waals surface area contributed by atoms with E-state index in [0.29, 0.717) is 12.1 Å². The molecular weight excluding hydrogens is 565 g/mol. The van der Waals surface area contributed by atoms with E-state index in [1.165, 1.54) is 8.87 Å². The number of fused-ring (bicyclic) bond motifs is 1. The van der Waals surface area contributed by atoms with Crippen LogP contribution in [0.2, 0.25) is 0 Å². The van der Waals surface area contributed by atoms with Gasteiger partial charge in [-0.05, 0) is 98.9 Å². The molecule has 1 aliphatic carbocycles. The highest BCUT2D eigenvalue weighted by Crippen LogP contribution is 2.38. The van der Waals surface area contributed by atoms with Crippen molar-refractivity contribution in [2.24, 2.45) is 0 Å². The summed E-state index contributed by atoms with van der Waals surface area (Å²) in [5, 5.41) is 10.6. The van der Waals surface area contributed by atoms with Crippen molar-refractivity contribution in [1.29, 1.82) is 0 Å². The molecule has 1 N–H and O–H groups in total. The molecule has 0 radical (unpaired) electrons. The maximum absolute atomic E-state index is 13.4. The molecule has 1 unspecified atom stereocenters. The zero-order valence-corrected chi connectivity index (χ0v) is 22.6. The Bertz CT molecular complexity index is 1390. The zero-order valence-electron chi connectivity index (χ0n) is 19.6. The van der Waals surface area contributed by atoms with Gasteiger partial charge < -0.3 is 10.0 Å². The average molecular weight is 593 g/mol. The fourth-order valence-corrected chi connectivity index (χ4v) is 6.99. The largest absolute Gasteiger partial charge is 0.465 e. The van der Waals surface area contributed by atoms with Crippen molar-refractivity contribution in [2.45, 2.75) is 63.4 Å². The van der Waals surface area contributed by atoms with Crippen LogP contribution in [-0.2, 0) is 10.0 Å². The van der Waals surface area contributed by atoms with Gasteiger partial charge in [0.25, 0.3) is 10.0 Å². The molecule has 0 aliphatic heterocycles. The lowest BCUT2D eigenvalue weighted by atomic mass is 9.87. The van der Waals surface area contributed by atoms with Gasteiger partial charge in [-0.1, -0.05) is 23.8 Å². The minimum Gasteiger partial charge on any atom is -0.465 e. The summed E-state index contributed by atoms with van der Waals surface area (Å²) in [4.78, 5) is 18.2. The van der Waals surface area contributed by atoms with Crippen LogP contribution in [0.5, 0.6) is 0 Å². The van der Waals surface area contributed by atoms with Crippen molar-refractivity contribution < 1.29 is 18.3 Å². The Kier molecular flexibility index (Phi) is 6.54. The highest BCUT2D eigenvalue weighted by Gasteiger charge is 2.35. The van der Waals surface area contributed by atoms with E-state index in [9.17, 15) is 18.3 Å². The third kappa shape index (κ3) is 4.47. The molecule has 1 atom stereocenters. The Morgan fingerprint density at radius 2 is 1.88 bits per heavy atom. The summed E-state index contributed by atoms with van der Waals surface area (Å²) >= 11 is 2.15. The molecule has 3 aromatic rings. The van der Waals surface area contributed by atoms with Crippen LogP contribution in [-0.4, -0.2) is 45.1 Å². The van der Waals surface area contributed by atoms with Crippen LogP contribution >= 0.6 is 22.6 Å². The number of rotatable bonds is 4. The number of amides is 1. The Balaban J connectivity index is 1.79. The predicted molar refractivity (Wildman–Crippen MR) is 141 cm³/mol. The fourth-order valence-electron chi connectivity index (χ4n) is 4.68. The molecule has 1 aromatic carbocycles. The van der Waals surface area contributed by atoms with Crippen LogP contribution in [0.25, 0.3) is 16.6 Å². The van der Waals surface area contributed by atoms with Gasteiger partial charge >= 0.3 is 6.09 Å². The van der Waals surface area contributed by atoms with Crippen LogP contribution in [0.15, 0.2) is 53.7 Å². The minimum atomic E-state index is -3.82. The summed E-state index contributed by atoms with van der Waals surface area (Å²) in [6, 6.07) is 8.50. The Morgan fingerprint density at radius 3 is 2.50 bits per heavy atom.